The summed E-state index contributed by atoms with van der Waals surface area (Å²) in [7, 11) is 1.64. The van der Waals surface area contributed by atoms with E-state index < -0.39 is 0 Å². The lowest BCUT2D eigenvalue weighted by atomic mass is 9.96. The highest BCUT2D eigenvalue weighted by Crippen LogP contribution is 2.31. The largest absolute Gasteiger partial charge is 0.497 e. The summed E-state index contributed by atoms with van der Waals surface area (Å²) in [5.41, 5.74) is 10.3. The van der Waals surface area contributed by atoms with Crippen LogP contribution < -0.4 is 20.7 Å². The molecule has 3 N–H and O–H groups in total. The summed E-state index contributed by atoms with van der Waals surface area (Å²) in [5.74, 6) is 1.09. The molecule has 4 rings (SSSR count). The van der Waals surface area contributed by atoms with Gasteiger partial charge in [0.25, 0.3) is 5.91 Å². The number of piperidine rings is 1. The van der Waals surface area contributed by atoms with Crippen molar-refractivity contribution in [3.8, 4) is 17.0 Å². The molecular formula is C26H31N5O2. The Morgan fingerprint density at radius 2 is 2.15 bits per heavy atom. The highest BCUT2D eigenvalue weighted by atomic mass is 16.5. The van der Waals surface area contributed by atoms with Gasteiger partial charge in [0.2, 0.25) is 0 Å². The minimum Gasteiger partial charge on any atom is -0.497 e. The minimum absolute atomic E-state index is 0.107. The maximum absolute atomic E-state index is 13.4. The summed E-state index contributed by atoms with van der Waals surface area (Å²) in [6.07, 6.45) is 5.44. The van der Waals surface area contributed by atoms with E-state index in [9.17, 15) is 4.79 Å². The monoisotopic (exact) mass is 445 g/mol. The van der Waals surface area contributed by atoms with Gasteiger partial charge in [-0.15, -0.1) is 0 Å². The van der Waals surface area contributed by atoms with Crippen LogP contribution in [0.4, 0.5) is 5.69 Å². The number of aromatic nitrogens is 2. The molecule has 0 unspecified atom stereocenters. The lowest BCUT2D eigenvalue weighted by molar-refractivity contribution is 0.0940. The van der Waals surface area contributed by atoms with E-state index in [1.54, 1.807) is 13.3 Å². The zero-order valence-electron chi connectivity index (χ0n) is 19.2. The second-order valence-corrected chi connectivity index (χ2v) is 8.49. The average molecular weight is 446 g/mol. The zero-order chi connectivity index (χ0) is 23.2. The number of carbonyl (C=O) groups excluding carboxylic acids is 1. The van der Waals surface area contributed by atoms with Crippen LogP contribution in [-0.4, -0.2) is 42.6 Å². The number of ether oxygens (including phenoxy) is 1. The topological polar surface area (TPSA) is 93.4 Å². The Kier molecular flexibility index (Phi) is 7.19. The maximum atomic E-state index is 13.4. The summed E-state index contributed by atoms with van der Waals surface area (Å²) in [4.78, 5) is 24.1. The van der Waals surface area contributed by atoms with E-state index in [0.29, 0.717) is 18.0 Å². The van der Waals surface area contributed by atoms with Crippen LogP contribution in [-0.2, 0) is 0 Å². The Morgan fingerprint density at radius 3 is 2.91 bits per heavy atom. The van der Waals surface area contributed by atoms with E-state index in [1.165, 1.54) is 6.33 Å². The third kappa shape index (κ3) is 5.31. The van der Waals surface area contributed by atoms with Crippen LogP contribution in [0.1, 0.15) is 41.7 Å². The lowest BCUT2D eigenvalue weighted by Gasteiger charge is -2.35. The Morgan fingerprint density at radius 1 is 1.27 bits per heavy atom. The van der Waals surface area contributed by atoms with Gasteiger partial charge in [0.15, 0.2) is 0 Å². The first-order chi connectivity index (χ1) is 16.1. The Balaban J connectivity index is 1.65. The predicted octanol–water partition coefficient (Wildman–Crippen LogP) is 3.82. The van der Waals surface area contributed by atoms with Crippen molar-refractivity contribution in [3.63, 3.8) is 0 Å². The molecule has 1 aliphatic heterocycles. The molecular weight excluding hydrogens is 414 g/mol. The molecule has 33 heavy (non-hydrogen) atoms. The van der Waals surface area contributed by atoms with Gasteiger partial charge >= 0.3 is 0 Å². The highest BCUT2D eigenvalue weighted by molar-refractivity contribution is 6.01. The van der Waals surface area contributed by atoms with E-state index in [1.807, 2.05) is 49.4 Å². The van der Waals surface area contributed by atoms with Crippen molar-refractivity contribution < 1.29 is 9.53 Å². The van der Waals surface area contributed by atoms with Crippen molar-refractivity contribution in [3.05, 3.63) is 72.2 Å². The first-order valence-electron chi connectivity index (χ1n) is 11.4. The Bertz CT molecular complexity index is 1090. The van der Waals surface area contributed by atoms with Gasteiger partial charge in [-0.05, 0) is 68.1 Å². The van der Waals surface area contributed by atoms with Crippen LogP contribution in [0, 0.1) is 5.92 Å². The average Bonchev–Trinajstić information content (AvgIpc) is 2.88. The van der Waals surface area contributed by atoms with Crippen molar-refractivity contribution >= 4 is 11.6 Å². The van der Waals surface area contributed by atoms with Gasteiger partial charge in [0, 0.05) is 24.8 Å². The number of nitrogens with two attached hydrogens (primary N) is 1. The summed E-state index contributed by atoms with van der Waals surface area (Å²) >= 11 is 0. The molecule has 1 saturated heterocycles. The molecule has 1 fully saturated rings. The van der Waals surface area contributed by atoms with Gasteiger partial charge in [-0.25, -0.2) is 9.97 Å². The van der Waals surface area contributed by atoms with Gasteiger partial charge in [-0.2, -0.15) is 0 Å². The van der Waals surface area contributed by atoms with Gasteiger partial charge in [0.05, 0.1) is 30.1 Å². The number of nitrogens with zero attached hydrogens (tertiary/aromatic N) is 3. The van der Waals surface area contributed by atoms with Crippen molar-refractivity contribution in [1.29, 1.82) is 0 Å². The molecule has 0 aliphatic carbocycles. The molecule has 1 aliphatic rings. The molecule has 172 valence electrons. The normalized spacial score (nSPS) is 16.8. The van der Waals surface area contributed by atoms with E-state index in [2.05, 4.69) is 26.3 Å². The molecule has 3 aromatic rings. The van der Waals surface area contributed by atoms with E-state index in [4.69, 9.17) is 10.5 Å². The third-order valence-corrected chi connectivity index (χ3v) is 6.25. The van der Waals surface area contributed by atoms with Gasteiger partial charge in [0.1, 0.15) is 12.1 Å². The number of amides is 1. The summed E-state index contributed by atoms with van der Waals surface area (Å²) in [5, 5.41) is 3.16. The number of methoxy groups -OCH3 is 1. The van der Waals surface area contributed by atoms with E-state index >= 15 is 0 Å². The maximum Gasteiger partial charge on any atom is 0.253 e. The summed E-state index contributed by atoms with van der Waals surface area (Å²) in [6.45, 7) is 4.37. The summed E-state index contributed by atoms with van der Waals surface area (Å²) < 4.78 is 5.33. The van der Waals surface area contributed by atoms with Crippen LogP contribution in [0.15, 0.2) is 61.1 Å². The molecule has 0 bridgehead atoms. The quantitative estimate of drug-likeness (QED) is 0.574. The number of hydrogen-bond acceptors (Lipinski definition) is 6. The smallest absolute Gasteiger partial charge is 0.253 e. The fourth-order valence-corrected chi connectivity index (χ4v) is 4.35. The molecule has 1 aromatic heterocycles. The zero-order valence-corrected chi connectivity index (χ0v) is 19.2. The van der Waals surface area contributed by atoms with Gasteiger partial charge in [-0.1, -0.05) is 18.2 Å². The SMILES string of the molecule is COc1cccc([C@@H](C)NC(=O)c2ccc(-c3ccncn3)cc2N2CCC[C@@H](CN)C2)c1. The fourth-order valence-electron chi connectivity index (χ4n) is 4.35. The van der Waals surface area contributed by atoms with Crippen LogP contribution in [0.2, 0.25) is 0 Å². The lowest BCUT2D eigenvalue weighted by Crippen LogP contribution is -2.39. The minimum atomic E-state index is -0.167. The van der Waals surface area contributed by atoms with Gasteiger partial charge < -0.3 is 20.7 Å². The predicted molar refractivity (Wildman–Crippen MR) is 130 cm³/mol. The Labute approximate surface area is 195 Å². The molecule has 0 saturated carbocycles. The molecule has 1 amide bonds. The third-order valence-electron chi connectivity index (χ3n) is 6.25. The first kappa shape index (κ1) is 22.7. The second-order valence-electron chi connectivity index (χ2n) is 8.49. The first-order valence-corrected chi connectivity index (χ1v) is 11.4. The number of hydrogen-bond donors (Lipinski definition) is 2. The number of rotatable bonds is 7. The fraction of sp³-hybridized carbons (Fsp3) is 0.346. The molecule has 2 atom stereocenters. The van der Waals surface area contributed by atoms with Crippen molar-refractivity contribution in [1.82, 2.24) is 15.3 Å². The van der Waals surface area contributed by atoms with Crippen LogP contribution in [0.25, 0.3) is 11.3 Å². The molecule has 0 radical (unpaired) electrons. The van der Waals surface area contributed by atoms with Crippen LogP contribution in [0.5, 0.6) is 5.75 Å². The van der Waals surface area contributed by atoms with Gasteiger partial charge in [-0.3, -0.25) is 4.79 Å². The van der Waals surface area contributed by atoms with E-state index in [0.717, 1.165) is 54.2 Å². The number of benzene rings is 2. The molecule has 7 heteroatoms. The highest BCUT2D eigenvalue weighted by Gasteiger charge is 2.24. The standard InChI is InChI=1S/C26H31N5O2/c1-18(20-6-3-7-22(13-20)33-2)30-26(32)23-9-8-21(24-10-11-28-17-29-24)14-25(23)31-12-4-5-19(15-27)16-31/h3,6-11,13-14,17-19H,4-5,12,15-16,27H2,1-2H3,(H,30,32)/t18-,19+/m1/s1. The van der Waals surface area contributed by atoms with Crippen molar-refractivity contribution in [2.24, 2.45) is 11.7 Å². The number of nitrogens with one attached hydrogen (secondary N) is 1. The molecule has 2 heterocycles. The molecule has 7 nitrogen and oxygen atoms in total. The molecule has 2 aromatic carbocycles. The van der Waals surface area contributed by atoms with E-state index in [-0.39, 0.29) is 11.9 Å². The van der Waals surface area contributed by atoms with Crippen molar-refractivity contribution in [2.45, 2.75) is 25.8 Å². The number of anilines is 1. The molecule has 0 spiro atoms. The Hall–Kier alpha value is -3.45. The number of carbonyl (C=O) groups is 1. The second kappa shape index (κ2) is 10.4. The van der Waals surface area contributed by atoms with Crippen LogP contribution in [0.3, 0.4) is 0 Å². The van der Waals surface area contributed by atoms with Crippen LogP contribution >= 0.6 is 0 Å². The van der Waals surface area contributed by atoms with Crippen molar-refractivity contribution in [2.75, 3.05) is 31.6 Å². The summed E-state index contributed by atoms with van der Waals surface area (Å²) in [6, 6.07) is 15.4.